The van der Waals surface area contributed by atoms with Crippen LogP contribution in [0.1, 0.15) is 31.7 Å². The molecule has 4 nitrogen and oxygen atoms in total. The molecule has 1 aliphatic carbocycles. The van der Waals surface area contributed by atoms with Gasteiger partial charge in [0.05, 0.1) is 12.5 Å². The summed E-state index contributed by atoms with van der Waals surface area (Å²) in [6.45, 7) is 3.16. The minimum Gasteiger partial charge on any atom is -0.494 e. The molecule has 0 bridgehead atoms. The first-order valence-corrected chi connectivity index (χ1v) is 7.34. The summed E-state index contributed by atoms with van der Waals surface area (Å²) in [7, 11) is 1.84. The van der Waals surface area contributed by atoms with Crippen LogP contribution in [0.4, 0.5) is 0 Å². The Kier molecular flexibility index (Phi) is 5.01. The average molecular weight is 276 g/mol. The van der Waals surface area contributed by atoms with Gasteiger partial charge in [-0.15, -0.1) is 0 Å². The number of para-hydroxylation sites is 1. The first-order valence-electron chi connectivity index (χ1n) is 7.34. The maximum atomic E-state index is 12.4. The molecule has 1 fully saturated rings. The summed E-state index contributed by atoms with van der Waals surface area (Å²) >= 11 is 0. The maximum Gasteiger partial charge on any atom is 0.227 e. The Balaban J connectivity index is 2.03. The topological polar surface area (TPSA) is 55.6 Å². The number of nitrogens with two attached hydrogens (primary N) is 1. The Morgan fingerprint density at radius 3 is 2.80 bits per heavy atom. The second-order valence-electron chi connectivity index (χ2n) is 5.44. The van der Waals surface area contributed by atoms with Gasteiger partial charge in [0.2, 0.25) is 5.91 Å². The summed E-state index contributed by atoms with van der Waals surface area (Å²) in [5, 5.41) is 0. The van der Waals surface area contributed by atoms with Gasteiger partial charge >= 0.3 is 0 Å². The van der Waals surface area contributed by atoms with E-state index in [1.54, 1.807) is 4.90 Å². The molecule has 2 atom stereocenters. The average Bonchev–Trinajstić information content (AvgIpc) is 2.86. The van der Waals surface area contributed by atoms with E-state index in [0.717, 1.165) is 30.6 Å². The third-order valence-corrected chi connectivity index (χ3v) is 3.94. The van der Waals surface area contributed by atoms with Gasteiger partial charge in [-0.1, -0.05) is 24.6 Å². The lowest BCUT2D eigenvalue weighted by atomic mass is 10.0. The lowest BCUT2D eigenvalue weighted by Gasteiger charge is -2.24. The van der Waals surface area contributed by atoms with Crippen LogP contribution in [-0.4, -0.2) is 30.5 Å². The lowest BCUT2D eigenvalue weighted by Crippen LogP contribution is -2.39. The molecule has 0 saturated heterocycles. The summed E-state index contributed by atoms with van der Waals surface area (Å²) in [5.74, 6) is 0.992. The van der Waals surface area contributed by atoms with Gasteiger partial charge in [0.1, 0.15) is 5.75 Å². The van der Waals surface area contributed by atoms with Gasteiger partial charge in [0.15, 0.2) is 0 Å². The molecule has 1 amide bonds. The highest BCUT2D eigenvalue weighted by Crippen LogP contribution is 2.27. The number of benzene rings is 1. The fourth-order valence-electron chi connectivity index (χ4n) is 2.84. The van der Waals surface area contributed by atoms with Gasteiger partial charge in [-0.2, -0.15) is 0 Å². The molecule has 110 valence electrons. The number of hydrogen-bond donors (Lipinski definition) is 1. The number of carbonyl (C=O) groups excluding carboxylic acids is 1. The number of ether oxygens (including phenoxy) is 1. The van der Waals surface area contributed by atoms with Crippen LogP contribution in [0.3, 0.4) is 0 Å². The minimum absolute atomic E-state index is 0.0146. The molecule has 0 aliphatic heterocycles. The van der Waals surface area contributed by atoms with Gasteiger partial charge in [0.25, 0.3) is 0 Å². The fraction of sp³-hybridized carbons (Fsp3) is 0.562. The molecule has 20 heavy (non-hydrogen) atoms. The van der Waals surface area contributed by atoms with Crippen molar-refractivity contribution in [2.24, 2.45) is 11.7 Å². The van der Waals surface area contributed by atoms with E-state index in [1.807, 2.05) is 38.2 Å². The first kappa shape index (κ1) is 14.9. The third-order valence-electron chi connectivity index (χ3n) is 3.94. The molecule has 0 spiro atoms. The zero-order valence-corrected chi connectivity index (χ0v) is 12.3. The van der Waals surface area contributed by atoms with Crippen molar-refractivity contribution in [3.63, 3.8) is 0 Å². The smallest absolute Gasteiger partial charge is 0.227 e. The largest absolute Gasteiger partial charge is 0.494 e. The molecule has 1 aromatic rings. The molecular formula is C16H24N2O2. The van der Waals surface area contributed by atoms with Gasteiger partial charge in [-0.25, -0.2) is 0 Å². The van der Waals surface area contributed by atoms with E-state index >= 15 is 0 Å². The van der Waals surface area contributed by atoms with Crippen LogP contribution in [0.25, 0.3) is 0 Å². The lowest BCUT2D eigenvalue weighted by molar-refractivity contribution is -0.134. The second-order valence-corrected chi connectivity index (χ2v) is 5.44. The molecule has 2 N–H and O–H groups in total. The van der Waals surface area contributed by atoms with Crippen molar-refractivity contribution < 1.29 is 9.53 Å². The molecular weight excluding hydrogens is 252 g/mol. The minimum atomic E-state index is -0.0146. The SMILES string of the molecule is CCOc1ccccc1CN(C)C(=O)[C@H]1CCC[C@H]1N. The van der Waals surface area contributed by atoms with Crippen LogP contribution in [0.2, 0.25) is 0 Å². The van der Waals surface area contributed by atoms with Crippen LogP contribution in [0.5, 0.6) is 5.75 Å². The van der Waals surface area contributed by atoms with Crippen LogP contribution < -0.4 is 10.5 Å². The van der Waals surface area contributed by atoms with Gasteiger partial charge < -0.3 is 15.4 Å². The molecule has 1 saturated carbocycles. The van der Waals surface area contributed by atoms with E-state index < -0.39 is 0 Å². The molecule has 2 rings (SSSR count). The summed E-state index contributed by atoms with van der Waals surface area (Å²) in [4.78, 5) is 14.2. The van der Waals surface area contributed by atoms with Crippen molar-refractivity contribution >= 4 is 5.91 Å². The predicted octanol–water partition coefficient (Wildman–Crippen LogP) is 2.17. The van der Waals surface area contributed by atoms with Crippen molar-refractivity contribution in [1.82, 2.24) is 4.90 Å². The molecule has 1 aliphatic rings. The quantitative estimate of drug-likeness (QED) is 0.896. The van der Waals surface area contributed by atoms with E-state index in [2.05, 4.69) is 0 Å². The normalized spacial score (nSPS) is 21.8. The van der Waals surface area contributed by atoms with E-state index in [1.165, 1.54) is 0 Å². The Morgan fingerprint density at radius 2 is 2.15 bits per heavy atom. The van der Waals surface area contributed by atoms with Crippen molar-refractivity contribution in [3.8, 4) is 5.75 Å². The number of amides is 1. The van der Waals surface area contributed by atoms with Crippen LogP contribution >= 0.6 is 0 Å². The van der Waals surface area contributed by atoms with E-state index in [-0.39, 0.29) is 17.9 Å². The molecule has 0 unspecified atom stereocenters. The molecule has 0 aromatic heterocycles. The molecule has 0 radical (unpaired) electrons. The monoisotopic (exact) mass is 276 g/mol. The van der Waals surface area contributed by atoms with Gasteiger partial charge in [0, 0.05) is 25.2 Å². The highest BCUT2D eigenvalue weighted by Gasteiger charge is 2.32. The van der Waals surface area contributed by atoms with Crippen molar-refractivity contribution in [2.45, 2.75) is 38.8 Å². The highest BCUT2D eigenvalue weighted by molar-refractivity contribution is 5.79. The number of rotatable bonds is 5. The number of nitrogens with zero attached hydrogens (tertiary/aromatic N) is 1. The fourth-order valence-corrected chi connectivity index (χ4v) is 2.84. The first-order chi connectivity index (χ1) is 9.63. The van der Waals surface area contributed by atoms with E-state index in [9.17, 15) is 4.79 Å². The number of hydrogen-bond acceptors (Lipinski definition) is 3. The Hall–Kier alpha value is -1.55. The van der Waals surface area contributed by atoms with Crippen LogP contribution in [0.15, 0.2) is 24.3 Å². The second kappa shape index (κ2) is 6.75. The summed E-state index contributed by atoms with van der Waals surface area (Å²) < 4.78 is 5.60. The third kappa shape index (κ3) is 3.31. The van der Waals surface area contributed by atoms with Crippen LogP contribution in [0, 0.1) is 5.92 Å². The van der Waals surface area contributed by atoms with Gasteiger partial charge in [-0.3, -0.25) is 4.79 Å². The summed E-state index contributed by atoms with van der Waals surface area (Å²) in [6, 6.07) is 7.88. The zero-order valence-electron chi connectivity index (χ0n) is 12.3. The standard InChI is InChI=1S/C16H24N2O2/c1-3-20-15-10-5-4-7-12(15)11-18(2)16(19)13-8-6-9-14(13)17/h4-5,7,10,13-14H,3,6,8-9,11,17H2,1-2H3/t13-,14+/m0/s1. The van der Waals surface area contributed by atoms with Crippen molar-refractivity contribution in [2.75, 3.05) is 13.7 Å². The maximum absolute atomic E-state index is 12.4. The molecule has 4 heteroatoms. The van der Waals surface area contributed by atoms with E-state index in [4.69, 9.17) is 10.5 Å². The molecule has 0 heterocycles. The Labute approximate surface area is 120 Å². The van der Waals surface area contributed by atoms with Gasteiger partial charge in [-0.05, 0) is 25.8 Å². The zero-order chi connectivity index (χ0) is 14.5. The predicted molar refractivity (Wildman–Crippen MR) is 79.4 cm³/mol. The highest BCUT2D eigenvalue weighted by atomic mass is 16.5. The Bertz CT molecular complexity index is 462. The van der Waals surface area contributed by atoms with Crippen LogP contribution in [-0.2, 0) is 11.3 Å². The number of carbonyl (C=O) groups is 1. The van der Waals surface area contributed by atoms with Crippen molar-refractivity contribution in [1.29, 1.82) is 0 Å². The van der Waals surface area contributed by atoms with E-state index in [0.29, 0.717) is 13.2 Å². The van der Waals surface area contributed by atoms with Crippen molar-refractivity contribution in [3.05, 3.63) is 29.8 Å². The summed E-state index contributed by atoms with van der Waals surface area (Å²) in [6.07, 6.45) is 2.93. The Morgan fingerprint density at radius 1 is 1.40 bits per heavy atom. The summed E-state index contributed by atoms with van der Waals surface area (Å²) in [5.41, 5.74) is 7.06. The molecule has 1 aromatic carbocycles.